The van der Waals surface area contributed by atoms with Gasteiger partial charge >= 0.3 is 0 Å². The average Bonchev–Trinajstić information content (AvgIpc) is 3.10. The maximum atomic E-state index is 13.2. The van der Waals surface area contributed by atoms with Gasteiger partial charge in [-0.1, -0.05) is 45.6 Å². The summed E-state index contributed by atoms with van der Waals surface area (Å²) in [5, 5.41) is 21.5. The lowest BCUT2D eigenvalue weighted by atomic mass is 9.45. The predicted molar refractivity (Wildman–Crippen MR) is 129 cm³/mol. The first-order valence-electron chi connectivity index (χ1n) is 13.5. The number of unbranched alkanes of at least 4 members (excludes halogenated alkanes) is 3. The van der Waals surface area contributed by atoms with Gasteiger partial charge in [-0.25, -0.2) is 0 Å². The molecule has 3 fully saturated rings. The largest absolute Gasteiger partial charge is 0.393 e. The van der Waals surface area contributed by atoms with Crippen LogP contribution >= 0.6 is 0 Å². The molecule has 0 spiro atoms. The van der Waals surface area contributed by atoms with Crippen LogP contribution in [0.1, 0.15) is 91.4 Å². The van der Waals surface area contributed by atoms with Gasteiger partial charge in [0.05, 0.1) is 6.10 Å². The van der Waals surface area contributed by atoms with Crippen molar-refractivity contribution >= 4 is 11.6 Å². The Bertz CT molecular complexity index is 807. The van der Waals surface area contributed by atoms with Gasteiger partial charge in [-0.3, -0.25) is 9.59 Å². The van der Waals surface area contributed by atoms with E-state index in [-0.39, 0.29) is 41.5 Å². The Morgan fingerprint density at radius 3 is 2.68 bits per heavy atom. The number of carbonyl (C=O) groups excluding carboxylic acids is 2. The van der Waals surface area contributed by atoms with Gasteiger partial charge in [0.25, 0.3) is 0 Å². The number of Topliss-reactive ketones (excluding diaryl/α,β-unsaturated/α-hetero) is 1. The number of ketones is 2. The summed E-state index contributed by atoms with van der Waals surface area (Å²) in [4.78, 5) is 25.3. The quantitative estimate of drug-likeness (QED) is 0.359. The summed E-state index contributed by atoms with van der Waals surface area (Å²) in [5.41, 5.74) is -0.634. The first-order valence-corrected chi connectivity index (χ1v) is 13.5. The number of rotatable bonds is 10. The average molecular weight is 477 g/mol. The van der Waals surface area contributed by atoms with E-state index in [2.05, 4.69) is 20.8 Å². The Hall–Kier alpha value is -1.08. The van der Waals surface area contributed by atoms with Gasteiger partial charge in [-0.05, 0) is 74.2 Å². The fourth-order valence-corrected chi connectivity index (χ4v) is 8.41. The third-order valence-corrected chi connectivity index (χ3v) is 10.1. The van der Waals surface area contributed by atoms with Crippen molar-refractivity contribution in [2.24, 2.45) is 28.6 Å². The minimum Gasteiger partial charge on any atom is -0.393 e. The van der Waals surface area contributed by atoms with Crippen LogP contribution in [0.15, 0.2) is 11.6 Å². The fraction of sp³-hybridized carbons (Fsp3) is 0.857. The summed E-state index contributed by atoms with van der Waals surface area (Å²) < 4.78 is 12.1. The highest BCUT2D eigenvalue weighted by molar-refractivity contribution is 5.92. The normalized spacial score (nSPS) is 41.4. The monoisotopic (exact) mass is 476 g/mol. The molecule has 0 aliphatic heterocycles. The molecule has 0 heterocycles. The van der Waals surface area contributed by atoms with Crippen LogP contribution in [0.3, 0.4) is 0 Å². The Morgan fingerprint density at radius 1 is 1.15 bits per heavy atom. The van der Waals surface area contributed by atoms with Crippen LogP contribution in [0.5, 0.6) is 0 Å². The van der Waals surface area contributed by atoms with Gasteiger partial charge in [-0.15, -0.1) is 0 Å². The van der Waals surface area contributed by atoms with Crippen LogP contribution in [-0.2, 0) is 19.1 Å². The topological polar surface area (TPSA) is 93.1 Å². The molecule has 0 aromatic carbocycles. The number of fused-ring (bicyclic) bond motifs is 5. The van der Waals surface area contributed by atoms with E-state index in [0.717, 1.165) is 38.5 Å². The maximum Gasteiger partial charge on any atom is 0.190 e. The number of hydrogen-bond acceptors (Lipinski definition) is 6. The first-order chi connectivity index (χ1) is 16.2. The second-order valence-electron chi connectivity index (χ2n) is 11.8. The van der Waals surface area contributed by atoms with E-state index >= 15 is 0 Å². The molecule has 4 rings (SSSR count). The van der Waals surface area contributed by atoms with Crippen LogP contribution < -0.4 is 0 Å². The summed E-state index contributed by atoms with van der Waals surface area (Å²) in [6, 6.07) is 0. The second-order valence-corrected chi connectivity index (χ2v) is 11.8. The summed E-state index contributed by atoms with van der Waals surface area (Å²) in [5.74, 6) is 0.516. The summed E-state index contributed by atoms with van der Waals surface area (Å²) >= 11 is 0. The van der Waals surface area contributed by atoms with Crippen molar-refractivity contribution in [2.45, 2.75) is 103 Å². The fourth-order valence-electron chi connectivity index (χ4n) is 8.41. The lowest BCUT2D eigenvalue weighted by Crippen LogP contribution is -2.63. The zero-order valence-electron chi connectivity index (χ0n) is 21.3. The van der Waals surface area contributed by atoms with E-state index in [9.17, 15) is 19.8 Å². The minimum atomic E-state index is -1.12. The van der Waals surface area contributed by atoms with E-state index in [1.165, 1.54) is 18.4 Å². The molecule has 4 aliphatic rings. The van der Waals surface area contributed by atoms with Crippen molar-refractivity contribution in [2.75, 3.05) is 20.0 Å². The second kappa shape index (κ2) is 10.1. The van der Waals surface area contributed by atoms with Crippen molar-refractivity contribution in [3.8, 4) is 0 Å². The number of ether oxygens (including phenoxy) is 2. The molecule has 0 saturated heterocycles. The van der Waals surface area contributed by atoms with Crippen molar-refractivity contribution in [1.82, 2.24) is 0 Å². The van der Waals surface area contributed by atoms with Gasteiger partial charge in [0.15, 0.2) is 11.6 Å². The van der Waals surface area contributed by atoms with Crippen LogP contribution in [0.4, 0.5) is 0 Å². The Kier molecular flexibility index (Phi) is 7.74. The van der Waals surface area contributed by atoms with Crippen molar-refractivity contribution in [3.05, 3.63) is 11.6 Å². The van der Waals surface area contributed by atoms with Crippen LogP contribution in [0.2, 0.25) is 0 Å². The van der Waals surface area contributed by atoms with E-state index in [0.29, 0.717) is 25.9 Å². The molecule has 0 bridgehead atoms. The number of carbonyl (C=O) groups is 2. The Balaban J connectivity index is 1.55. The van der Waals surface area contributed by atoms with Crippen molar-refractivity contribution < 1.29 is 29.3 Å². The SMILES string of the molecule is CCCCCCOCO[C@]1(C(=O)CO)CC[C@H]2[C@@H]3CCC4=CC(=O)CC[C@]4(C)[C@H]3[C@@H](O)C[C@@]21C. The minimum absolute atomic E-state index is 0.0388. The van der Waals surface area contributed by atoms with E-state index in [1.54, 1.807) is 0 Å². The number of aliphatic hydroxyl groups excluding tert-OH is 2. The van der Waals surface area contributed by atoms with Crippen LogP contribution in [0.25, 0.3) is 0 Å². The molecule has 7 atom stereocenters. The number of hydrogen-bond donors (Lipinski definition) is 2. The van der Waals surface area contributed by atoms with E-state index in [1.807, 2.05) is 6.08 Å². The summed E-state index contributed by atoms with van der Waals surface area (Å²) in [7, 11) is 0. The summed E-state index contributed by atoms with van der Waals surface area (Å²) in [6.45, 7) is 6.58. The third kappa shape index (κ3) is 4.12. The van der Waals surface area contributed by atoms with Crippen LogP contribution in [0, 0.1) is 28.6 Å². The molecule has 0 unspecified atom stereocenters. The molecule has 192 valence electrons. The highest BCUT2D eigenvalue weighted by Crippen LogP contribution is 2.68. The van der Waals surface area contributed by atoms with Crippen LogP contribution in [-0.4, -0.2) is 53.5 Å². The highest BCUT2D eigenvalue weighted by Gasteiger charge is 2.69. The highest BCUT2D eigenvalue weighted by atomic mass is 16.7. The smallest absolute Gasteiger partial charge is 0.190 e. The zero-order chi connectivity index (χ0) is 24.6. The number of allylic oxidation sites excluding steroid dienone is 1. The molecule has 6 nitrogen and oxygen atoms in total. The molecular weight excluding hydrogens is 432 g/mol. The zero-order valence-corrected chi connectivity index (χ0v) is 21.3. The molecule has 4 aliphatic carbocycles. The molecule has 0 amide bonds. The lowest BCUT2D eigenvalue weighted by Gasteiger charge is -2.61. The Morgan fingerprint density at radius 2 is 1.94 bits per heavy atom. The Labute approximate surface area is 204 Å². The van der Waals surface area contributed by atoms with E-state index < -0.39 is 23.7 Å². The molecule has 6 heteroatoms. The summed E-state index contributed by atoms with van der Waals surface area (Å²) in [6.07, 6.45) is 10.7. The molecule has 2 N–H and O–H groups in total. The van der Waals surface area contributed by atoms with Gasteiger partial charge in [-0.2, -0.15) is 0 Å². The van der Waals surface area contributed by atoms with Gasteiger partial charge in [0.2, 0.25) is 0 Å². The molecule has 0 aromatic heterocycles. The van der Waals surface area contributed by atoms with Crippen molar-refractivity contribution in [1.29, 1.82) is 0 Å². The molecule has 0 radical (unpaired) electrons. The van der Waals surface area contributed by atoms with Gasteiger partial charge in [0.1, 0.15) is 19.0 Å². The molecular formula is C28H44O6. The van der Waals surface area contributed by atoms with Gasteiger partial charge in [0, 0.05) is 18.4 Å². The van der Waals surface area contributed by atoms with Gasteiger partial charge < -0.3 is 19.7 Å². The molecule has 0 aromatic rings. The number of aliphatic hydroxyl groups is 2. The maximum absolute atomic E-state index is 13.2. The standard InChI is InChI=1S/C28H44O6/c1-4-5-6-7-14-33-18-34-28(24(32)17-29)13-11-22-21-9-8-19-15-20(30)10-12-26(19,2)25(21)23(31)16-27(22,28)3/h15,21-23,25,29,31H,4-14,16-18H2,1-3H3/t21-,22-,23-,25+,26-,27-,28-/m0/s1. The molecule has 34 heavy (non-hydrogen) atoms. The predicted octanol–water partition coefficient (Wildman–Crippen LogP) is 4.36. The van der Waals surface area contributed by atoms with Crippen molar-refractivity contribution in [3.63, 3.8) is 0 Å². The molecule has 3 saturated carbocycles. The first kappa shape index (κ1) is 26.0. The lowest BCUT2D eigenvalue weighted by molar-refractivity contribution is -0.219. The van der Waals surface area contributed by atoms with E-state index in [4.69, 9.17) is 9.47 Å². The third-order valence-electron chi connectivity index (χ3n) is 10.1.